The Labute approximate surface area is 198 Å². The van der Waals surface area contributed by atoms with Gasteiger partial charge in [-0.2, -0.15) is 0 Å². The minimum atomic E-state index is -1.06. The molecule has 1 aliphatic carbocycles. The normalized spacial score (nSPS) is 24.3. The lowest BCUT2D eigenvalue weighted by molar-refractivity contribution is -0.166. The number of methoxy groups -OCH3 is 1. The Bertz CT molecular complexity index is 1310. The minimum absolute atomic E-state index is 0.0100. The van der Waals surface area contributed by atoms with Gasteiger partial charge >= 0.3 is 0 Å². The van der Waals surface area contributed by atoms with Crippen LogP contribution >= 0.6 is 0 Å². The maximum atomic E-state index is 13.9. The van der Waals surface area contributed by atoms with Crippen LogP contribution in [0.25, 0.3) is 10.9 Å². The first-order valence-electron chi connectivity index (χ1n) is 12.0. The summed E-state index contributed by atoms with van der Waals surface area (Å²) in [6.45, 7) is 4.90. The summed E-state index contributed by atoms with van der Waals surface area (Å²) in [5, 5.41) is 1.07. The highest BCUT2D eigenvalue weighted by molar-refractivity contribution is 6.01. The first kappa shape index (κ1) is 21.1. The second-order valence-electron chi connectivity index (χ2n) is 9.56. The summed E-state index contributed by atoms with van der Waals surface area (Å²) in [5.41, 5.74) is 2.72. The number of para-hydroxylation sites is 2. The molecule has 3 aromatic rings. The number of nitrogens with one attached hydrogen (secondary N) is 1. The third-order valence-electron chi connectivity index (χ3n) is 7.65. The molecule has 2 aliphatic heterocycles. The van der Waals surface area contributed by atoms with Crippen molar-refractivity contribution < 1.29 is 19.1 Å². The Morgan fingerprint density at radius 3 is 2.65 bits per heavy atom. The average molecular weight is 460 g/mol. The highest BCUT2D eigenvalue weighted by Gasteiger charge is 2.58. The van der Waals surface area contributed by atoms with E-state index in [4.69, 9.17) is 9.47 Å². The van der Waals surface area contributed by atoms with Gasteiger partial charge in [-0.1, -0.05) is 30.3 Å². The zero-order chi connectivity index (χ0) is 23.6. The van der Waals surface area contributed by atoms with Gasteiger partial charge in [-0.25, -0.2) is 0 Å². The number of carbonyl (C=O) groups is 2. The number of aromatic amines is 1. The molecule has 0 radical (unpaired) electrons. The Kier molecular flexibility index (Phi) is 4.66. The highest BCUT2D eigenvalue weighted by atomic mass is 16.5. The number of aromatic nitrogens is 1. The third kappa shape index (κ3) is 2.82. The molecule has 176 valence electrons. The molecule has 34 heavy (non-hydrogen) atoms. The molecular formula is C27H29N3O4. The van der Waals surface area contributed by atoms with Crippen molar-refractivity contribution in [1.29, 1.82) is 0 Å². The van der Waals surface area contributed by atoms with Crippen molar-refractivity contribution in [1.82, 2.24) is 14.8 Å². The van der Waals surface area contributed by atoms with Gasteiger partial charge in [0, 0.05) is 35.0 Å². The summed E-state index contributed by atoms with van der Waals surface area (Å²) in [6.07, 6.45) is 1.94. The number of amides is 2. The lowest BCUT2D eigenvalue weighted by Crippen LogP contribution is -2.67. The maximum absolute atomic E-state index is 13.9. The van der Waals surface area contributed by atoms with Crippen LogP contribution in [0.2, 0.25) is 0 Å². The molecule has 3 aliphatic rings. The van der Waals surface area contributed by atoms with Crippen LogP contribution in [0.1, 0.15) is 49.4 Å². The number of nitrogens with zero attached hydrogens (tertiary/aromatic N) is 2. The number of piperazine rings is 1. The molecule has 3 heterocycles. The molecule has 0 bridgehead atoms. The van der Waals surface area contributed by atoms with Gasteiger partial charge in [0.25, 0.3) is 5.91 Å². The predicted octanol–water partition coefficient (Wildman–Crippen LogP) is 3.77. The lowest BCUT2D eigenvalue weighted by Gasteiger charge is -2.51. The van der Waals surface area contributed by atoms with E-state index in [1.807, 2.05) is 50.2 Å². The number of benzene rings is 2. The van der Waals surface area contributed by atoms with Gasteiger partial charge in [0.05, 0.1) is 19.4 Å². The molecule has 2 fully saturated rings. The number of hydrogen-bond donors (Lipinski definition) is 1. The quantitative estimate of drug-likeness (QED) is 0.630. The van der Waals surface area contributed by atoms with E-state index in [-0.39, 0.29) is 30.3 Å². The van der Waals surface area contributed by atoms with Crippen LogP contribution in [0.5, 0.6) is 11.5 Å². The first-order valence-corrected chi connectivity index (χ1v) is 12.0. The fourth-order valence-electron chi connectivity index (χ4n) is 5.86. The maximum Gasteiger partial charge on any atom is 0.255 e. The van der Waals surface area contributed by atoms with Crippen LogP contribution in [-0.2, 0) is 15.1 Å². The molecule has 1 aromatic heterocycles. The molecule has 1 saturated heterocycles. The topological polar surface area (TPSA) is 74.9 Å². The van der Waals surface area contributed by atoms with Crippen LogP contribution in [-0.4, -0.2) is 59.4 Å². The zero-order valence-electron chi connectivity index (χ0n) is 19.8. The Morgan fingerprint density at radius 2 is 1.91 bits per heavy atom. The molecule has 2 atom stereocenters. The first-order chi connectivity index (χ1) is 16.5. The summed E-state index contributed by atoms with van der Waals surface area (Å²) in [4.78, 5) is 34.6. The van der Waals surface area contributed by atoms with E-state index in [1.54, 1.807) is 16.9 Å². The number of ether oxygens (including phenoxy) is 2. The van der Waals surface area contributed by atoms with E-state index in [0.717, 1.165) is 40.6 Å². The van der Waals surface area contributed by atoms with E-state index in [9.17, 15) is 9.59 Å². The van der Waals surface area contributed by atoms with Crippen molar-refractivity contribution in [3.8, 4) is 11.5 Å². The molecule has 7 heteroatoms. The van der Waals surface area contributed by atoms with Gasteiger partial charge in [-0.15, -0.1) is 0 Å². The summed E-state index contributed by atoms with van der Waals surface area (Å²) >= 11 is 0. The largest absolute Gasteiger partial charge is 0.493 e. The zero-order valence-corrected chi connectivity index (χ0v) is 19.8. The molecule has 6 rings (SSSR count). The second kappa shape index (κ2) is 7.52. The van der Waals surface area contributed by atoms with Gasteiger partial charge < -0.3 is 24.3 Å². The van der Waals surface area contributed by atoms with Gasteiger partial charge in [-0.3, -0.25) is 9.59 Å². The third-order valence-corrected chi connectivity index (χ3v) is 7.65. The van der Waals surface area contributed by atoms with Gasteiger partial charge in [-0.05, 0) is 44.4 Å². The van der Waals surface area contributed by atoms with E-state index in [1.165, 1.54) is 0 Å². The van der Waals surface area contributed by atoms with Crippen molar-refractivity contribution in [3.05, 3.63) is 59.3 Å². The van der Waals surface area contributed by atoms with Crippen LogP contribution in [0.15, 0.2) is 42.5 Å². The molecule has 2 aromatic carbocycles. The Hall–Kier alpha value is -3.48. The summed E-state index contributed by atoms with van der Waals surface area (Å²) < 4.78 is 11.7. The second-order valence-corrected chi connectivity index (χ2v) is 9.56. The standard InChI is InChI=1S/C27H29N3O4/c1-4-34-24-17(9-7-11-21(24)33-3)19-14-30-22(31)15-29(16-12-13-16)26(32)27(30,2)25-23(19)18-8-5-6-10-20(18)28-25/h5-11,16,19,28H,4,12-15H2,1-3H3/t19-,27+/m1/s1. The molecule has 0 spiro atoms. The lowest BCUT2D eigenvalue weighted by atomic mass is 9.76. The average Bonchev–Trinajstić information content (AvgIpc) is 3.61. The number of hydrogen-bond acceptors (Lipinski definition) is 4. The van der Waals surface area contributed by atoms with Crippen molar-refractivity contribution in [3.63, 3.8) is 0 Å². The van der Waals surface area contributed by atoms with Crippen LogP contribution < -0.4 is 9.47 Å². The molecule has 1 saturated carbocycles. The molecule has 7 nitrogen and oxygen atoms in total. The molecule has 1 N–H and O–H groups in total. The van der Waals surface area contributed by atoms with Gasteiger partial charge in [0.2, 0.25) is 5.91 Å². The monoisotopic (exact) mass is 459 g/mol. The summed E-state index contributed by atoms with van der Waals surface area (Å²) in [6, 6.07) is 14.2. The summed E-state index contributed by atoms with van der Waals surface area (Å²) in [7, 11) is 1.63. The number of fused-ring (bicyclic) bond motifs is 5. The van der Waals surface area contributed by atoms with Crippen LogP contribution in [0, 0.1) is 0 Å². The Morgan fingerprint density at radius 1 is 1.12 bits per heavy atom. The number of carbonyl (C=O) groups excluding carboxylic acids is 2. The highest BCUT2D eigenvalue weighted by Crippen LogP contribution is 2.51. The fraction of sp³-hybridized carbons (Fsp3) is 0.407. The molecular weight excluding hydrogens is 430 g/mol. The Balaban J connectivity index is 1.61. The van der Waals surface area contributed by atoms with Crippen molar-refractivity contribution in [2.75, 3.05) is 26.8 Å². The van der Waals surface area contributed by atoms with Crippen LogP contribution in [0.4, 0.5) is 0 Å². The number of H-pyrrole nitrogens is 1. The van der Waals surface area contributed by atoms with E-state index in [2.05, 4.69) is 11.1 Å². The van der Waals surface area contributed by atoms with Crippen molar-refractivity contribution in [2.24, 2.45) is 0 Å². The smallest absolute Gasteiger partial charge is 0.255 e. The van der Waals surface area contributed by atoms with Crippen molar-refractivity contribution >= 4 is 22.7 Å². The summed E-state index contributed by atoms with van der Waals surface area (Å²) in [5.74, 6) is 1.18. The number of rotatable bonds is 5. The van der Waals surface area contributed by atoms with Gasteiger partial charge in [0.15, 0.2) is 17.0 Å². The van der Waals surface area contributed by atoms with E-state index >= 15 is 0 Å². The fourth-order valence-corrected chi connectivity index (χ4v) is 5.86. The van der Waals surface area contributed by atoms with E-state index in [0.29, 0.717) is 24.7 Å². The minimum Gasteiger partial charge on any atom is -0.493 e. The van der Waals surface area contributed by atoms with E-state index < -0.39 is 5.54 Å². The van der Waals surface area contributed by atoms with Crippen molar-refractivity contribution in [2.45, 2.75) is 44.2 Å². The predicted molar refractivity (Wildman–Crippen MR) is 128 cm³/mol. The molecule has 0 unspecified atom stereocenters. The van der Waals surface area contributed by atoms with Gasteiger partial charge in [0.1, 0.15) is 6.54 Å². The molecule has 2 amide bonds. The SMILES string of the molecule is CCOc1c(OC)cccc1[C@H]1CN2C(=O)CN(C3CC3)C(=O)[C@]2(C)c2[nH]c3ccccc3c21. The van der Waals surface area contributed by atoms with Crippen LogP contribution in [0.3, 0.4) is 0 Å².